The Morgan fingerprint density at radius 3 is 1.64 bits per heavy atom. The van der Waals surface area contributed by atoms with E-state index in [9.17, 15) is 14.9 Å². The average molecular weight is 1190 g/mol. The van der Waals surface area contributed by atoms with Crippen molar-refractivity contribution in [3.8, 4) is 29.3 Å². The van der Waals surface area contributed by atoms with Crippen LogP contribution in [0.3, 0.4) is 0 Å². The number of amides is 4. The van der Waals surface area contributed by atoms with Crippen LogP contribution in [0.1, 0.15) is 94.0 Å². The Bertz CT molecular complexity index is 2870. The van der Waals surface area contributed by atoms with Gasteiger partial charge in [-0.25, -0.2) is 19.6 Å². The molecule has 72 heavy (non-hydrogen) atoms. The Morgan fingerprint density at radius 1 is 0.694 bits per heavy atom. The number of urea groups is 2. The summed E-state index contributed by atoms with van der Waals surface area (Å²) in [6, 6.07) is 15.8. The van der Waals surface area contributed by atoms with Gasteiger partial charge in [-0.1, -0.05) is 22.0 Å². The summed E-state index contributed by atoms with van der Waals surface area (Å²) in [5.41, 5.74) is 17.3. The molecule has 0 radical (unpaired) electrons. The number of carbonyl (C=O) groups is 2. The molecule has 2 saturated carbocycles. The fraction of sp³-hybridized carbons (Fsp3) is 0.412. The number of fused-ring (bicyclic) bond motifs is 2. The van der Waals surface area contributed by atoms with Gasteiger partial charge in [0.15, 0.2) is 0 Å². The van der Waals surface area contributed by atoms with Crippen LogP contribution >= 0.6 is 59.4 Å². The summed E-state index contributed by atoms with van der Waals surface area (Å²) < 4.78 is 14.0. The van der Waals surface area contributed by atoms with E-state index in [1.54, 1.807) is 49.6 Å². The summed E-state index contributed by atoms with van der Waals surface area (Å²) in [6.07, 6.45) is 21.6. The zero-order valence-electron chi connectivity index (χ0n) is 40.5. The fourth-order valence-corrected chi connectivity index (χ4v) is 8.77. The van der Waals surface area contributed by atoms with E-state index < -0.39 is 19.2 Å². The van der Waals surface area contributed by atoms with Gasteiger partial charge in [0.1, 0.15) is 11.6 Å². The lowest BCUT2D eigenvalue weighted by Crippen LogP contribution is -2.41. The van der Waals surface area contributed by atoms with Crippen molar-refractivity contribution in [2.24, 2.45) is 11.5 Å². The van der Waals surface area contributed by atoms with Crippen molar-refractivity contribution < 1.29 is 18.9 Å². The minimum absolute atomic E-state index is 0.212. The van der Waals surface area contributed by atoms with Gasteiger partial charge in [0.25, 0.3) is 0 Å². The van der Waals surface area contributed by atoms with Gasteiger partial charge in [0.2, 0.25) is 0 Å². The average Bonchev–Trinajstić information content (AvgIpc) is 4.32. The molecule has 0 bridgehead atoms. The lowest BCUT2D eigenvalue weighted by atomic mass is 9.79. The predicted molar refractivity (Wildman–Crippen MR) is 289 cm³/mol. The molecule has 0 unspecified atom stereocenters. The number of aromatic nitrogens is 5. The predicted octanol–water partition coefficient (Wildman–Crippen LogP) is 9.67. The number of alkyl halides is 2. The summed E-state index contributed by atoms with van der Waals surface area (Å²) in [6.45, 7) is 9.31. The van der Waals surface area contributed by atoms with Gasteiger partial charge in [-0.2, -0.15) is 15.8 Å². The van der Waals surface area contributed by atoms with E-state index >= 15 is 0 Å². The van der Waals surface area contributed by atoms with Gasteiger partial charge in [0, 0.05) is 99.4 Å². The van der Waals surface area contributed by atoms with Gasteiger partial charge >= 0.3 is 19.2 Å². The summed E-state index contributed by atoms with van der Waals surface area (Å²) in [5, 5.41) is 27.5. The van der Waals surface area contributed by atoms with Gasteiger partial charge in [-0.05, 0) is 163 Å². The van der Waals surface area contributed by atoms with Crippen LogP contribution in [0, 0.1) is 34.0 Å². The van der Waals surface area contributed by atoms with E-state index in [4.69, 9.17) is 42.9 Å². The van der Waals surface area contributed by atoms with Crippen molar-refractivity contribution in [2.45, 2.75) is 108 Å². The van der Waals surface area contributed by atoms with Crippen molar-refractivity contribution in [3.63, 3.8) is 0 Å². The molecule has 374 valence electrons. The van der Waals surface area contributed by atoms with Crippen LogP contribution in [-0.2, 0) is 39.4 Å². The van der Waals surface area contributed by atoms with Crippen LogP contribution in [-0.4, -0.2) is 79.6 Å². The number of nitrogens with zero attached hydrogens (tertiary/aromatic N) is 10. The van der Waals surface area contributed by atoms with Crippen LogP contribution in [0.5, 0.6) is 0 Å². The molecular formula is C51H55BBr3ClN12O4. The minimum atomic E-state index is -0.468. The third kappa shape index (κ3) is 13.7. The Morgan fingerprint density at radius 2 is 1.17 bits per heavy atom. The summed E-state index contributed by atoms with van der Waals surface area (Å²) in [5.74, 6) is 2.01. The Hall–Kier alpha value is -5.53. The number of anilines is 2. The standard InChI is InChI=1S/C18H17N5O.C15H22BN3O3.C9H7BrN2.C7H5BrN2.C2H4BrCl/c19-11-18(3-4-18)15-7-14(8-21-10-15)13-6-12-2-1-5-23(17(20)24)16(12)22-9-13;1-14(2)15(3,4)22-16(21-14)11-8-10-6-5-7-19(13(17)20)12(10)18-9-11;10-8-3-7(4-12-5-8)9(6-11)1-2-9;8-7-3-6(1-2-9)4-10-5-7;3-1-2-4/h6-10H,1-5H2,(H2,20,24);8-9H,5-7H2,1-4H3,(H2,17,20);3-5H,1-2H2;3-5H,1H2;1-2H2. The molecule has 5 aromatic heterocycles. The summed E-state index contributed by atoms with van der Waals surface area (Å²) in [7, 11) is -0.438. The molecule has 0 atom stereocenters. The normalized spacial score (nSPS) is 17.5. The third-order valence-electron chi connectivity index (χ3n) is 13.1. The van der Waals surface area contributed by atoms with Crippen molar-refractivity contribution in [1.82, 2.24) is 24.9 Å². The van der Waals surface area contributed by atoms with E-state index in [0.29, 0.717) is 37.0 Å². The number of primary amides is 2. The molecule has 5 aliphatic rings. The van der Waals surface area contributed by atoms with E-state index in [2.05, 4.69) is 90.9 Å². The Kier molecular flexibility index (Phi) is 19.0. The number of nitriles is 3. The van der Waals surface area contributed by atoms with Crippen LogP contribution in [0.2, 0.25) is 0 Å². The molecule has 2 aliphatic carbocycles. The fourth-order valence-electron chi connectivity index (χ4n) is 8.00. The second kappa shape index (κ2) is 24.5. The molecule has 3 fully saturated rings. The highest BCUT2D eigenvalue weighted by Gasteiger charge is 2.52. The van der Waals surface area contributed by atoms with Gasteiger partial charge in [-0.3, -0.25) is 24.8 Å². The van der Waals surface area contributed by atoms with Crippen LogP contribution < -0.4 is 26.7 Å². The van der Waals surface area contributed by atoms with Gasteiger partial charge in [-0.15, -0.1) is 11.6 Å². The summed E-state index contributed by atoms with van der Waals surface area (Å²) >= 11 is 14.9. The van der Waals surface area contributed by atoms with Crippen molar-refractivity contribution >= 4 is 95.7 Å². The number of hydrogen-bond donors (Lipinski definition) is 2. The molecule has 16 nitrogen and oxygen atoms in total. The van der Waals surface area contributed by atoms with Crippen LogP contribution in [0.4, 0.5) is 21.2 Å². The number of aryl methyl sites for hydroxylation is 2. The lowest BCUT2D eigenvalue weighted by Gasteiger charge is -2.32. The van der Waals surface area contributed by atoms with E-state index in [1.807, 2.05) is 58.0 Å². The van der Waals surface area contributed by atoms with Gasteiger partial charge < -0.3 is 20.8 Å². The van der Waals surface area contributed by atoms with E-state index in [-0.39, 0.29) is 22.0 Å². The number of nitrogens with two attached hydrogens (primary N) is 2. The first kappa shape index (κ1) is 55.8. The molecule has 21 heteroatoms. The molecule has 4 N–H and O–H groups in total. The molecule has 8 heterocycles. The lowest BCUT2D eigenvalue weighted by molar-refractivity contribution is 0.00578. The zero-order chi connectivity index (χ0) is 52.3. The summed E-state index contributed by atoms with van der Waals surface area (Å²) in [4.78, 5) is 47.2. The SMILES string of the molecule is CC1(C)OB(c2cnc3c(c2)CCCN3C(N)=O)OC1(C)C.ClCCBr.N#CC1(c2cncc(-c3cnc4c(c3)CCCN4C(N)=O)c2)CC1.N#CC1(c2cncc(Br)c2)CC1.N#CCc1cncc(Br)c1. The Balaban J connectivity index is 0.000000161. The van der Waals surface area contributed by atoms with Crippen LogP contribution in [0.25, 0.3) is 11.1 Å². The highest BCUT2D eigenvalue weighted by atomic mass is 79.9. The second-order valence-corrected chi connectivity index (χ2v) is 21.7. The maximum absolute atomic E-state index is 11.5. The molecule has 0 spiro atoms. The second-order valence-electron chi connectivity index (χ2n) is 18.7. The highest BCUT2D eigenvalue weighted by Crippen LogP contribution is 2.48. The molecule has 5 aromatic rings. The quantitative estimate of drug-likeness (QED) is 0.119. The Labute approximate surface area is 451 Å². The van der Waals surface area contributed by atoms with Crippen molar-refractivity contribution in [2.75, 3.05) is 34.1 Å². The maximum atomic E-state index is 11.5. The first-order valence-corrected chi connectivity index (χ1v) is 26.5. The largest absolute Gasteiger partial charge is 0.496 e. The molecule has 0 aromatic carbocycles. The molecule has 10 rings (SSSR count). The number of carbonyl (C=O) groups excluding carboxylic acids is 2. The number of hydrogen-bond acceptors (Lipinski definition) is 12. The zero-order valence-corrected chi connectivity index (χ0v) is 46.1. The number of halogens is 4. The number of pyridine rings is 5. The number of rotatable bonds is 6. The topological polar surface area (TPSA) is 247 Å². The molecule has 1 saturated heterocycles. The van der Waals surface area contributed by atoms with Crippen molar-refractivity contribution in [1.29, 1.82) is 15.8 Å². The van der Waals surface area contributed by atoms with E-state index in [1.165, 1.54) is 9.80 Å². The molecule has 4 amide bonds. The van der Waals surface area contributed by atoms with Crippen molar-refractivity contribution in [3.05, 3.63) is 117 Å². The minimum Gasteiger partial charge on any atom is -0.399 e. The molecular weight excluding hydrogens is 1130 g/mol. The monoisotopic (exact) mass is 1180 g/mol. The maximum Gasteiger partial charge on any atom is 0.496 e. The highest BCUT2D eigenvalue weighted by molar-refractivity contribution is 9.10. The smallest absolute Gasteiger partial charge is 0.399 e. The van der Waals surface area contributed by atoms with E-state index in [0.717, 1.165) is 110 Å². The first-order chi connectivity index (χ1) is 34.3. The molecule has 3 aliphatic heterocycles. The first-order valence-electron chi connectivity index (χ1n) is 23.3. The third-order valence-corrected chi connectivity index (χ3v) is 15.0. The van der Waals surface area contributed by atoms with Gasteiger partial charge in [0.05, 0.1) is 46.7 Å². The van der Waals surface area contributed by atoms with Crippen LogP contribution in [0.15, 0.2) is 88.9 Å².